The van der Waals surface area contributed by atoms with Crippen molar-refractivity contribution in [3.8, 4) is 0 Å². The third kappa shape index (κ3) is 4.41. The maximum Gasteiger partial charge on any atom is 0.345 e. The lowest BCUT2D eigenvalue weighted by Crippen LogP contribution is -2.54. The standard InChI is InChI=1S/C20H40O2Si/c1-6-14-21-23(22-15-7-2,19-12-8-16(3)9-13-19)20-17(4)10-11-18(20)5/h16-20H,6-15H2,1-5H3. The zero-order chi connectivity index (χ0) is 16.9. The van der Waals surface area contributed by atoms with E-state index in [2.05, 4.69) is 34.6 Å². The second-order valence-electron chi connectivity index (χ2n) is 8.43. The predicted octanol–water partition coefficient (Wildman–Crippen LogP) is 6.30. The first-order valence-electron chi connectivity index (χ1n) is 10.3. The smallest absolute Gasteiger partial charge is 0.345 e. The minimum Gasteiger partial charge on any atom is -0.394 e. The molecule has 0 amide bonds. The fourth-order valence-corrected chi connectivity index (χ4v) is 10.8. The van der Waals surface area contributed by atoms with Crippen molar-refractivity contribution in [1.82, 2.24) is 0 Å². The molecule has 0 spiro atoms. The summed E-state index contributed by atoms with van der Waals surface area (Å²) in [6.07, 6.45) is 10.4. The van der Waals surface area contributed by atoms with Crippen LogP contribution in [0.1, 0.15) is 86.0 Å². The molecule has 3 heteroatoms. The molecule has 0 radical (unpaired) electrons. The quantitative estimate of drug-likeness (QED) is 0.483. The van der Waals surface area contributed by atoms with Crippen molar-refractivity contribution in [2.75, 3.05) is 13.2 Å². The first-order chi connectivity index (χ1) is 11.0. The molecule has 2 aliphatic rings. The zero-order valence-electron chi connectivity index (χ0n) is 16.3. The van der Waals surface area contributed by atoms with Crippen LogP contribution in [0.2, 0.25) is 11.1 Å². The molecule has 0 heterocycles. The van der Waals surface area contributed by atoms with E-state index in [1.807, 2.05) is 0 Å². The van der Waals surface area contributed by atoms with Gasteiger partial charge in [0.05, 0.1) is 0 Å². The number of rotatable bonds is 8. The molecule has 0 aromatic rings. The molecular weight excluding hydrogens is 300 g/mol. The van der Waals surface area contributed by atoms with Crippen molar-refractivity contribution in [3.05, 3.63) is 0 Å². The van der Waals surface area contributed by atoms with Crippen molar-refractivity contribution in [2.24, 2.45) is 17.8 Å². The van der Waals surface area contributed by atoms with Gasteiger partial charge >= 0.3 is 8.56 Å². The van der Waals surface area contributed by atoms with Crippen molar-refractivity contribution >= 4 is 8.56 Å². The minimum absolute atomic E-state index is 0.707. The van der Waals surface area contributed by atoms with Crippen LogP contribution >= 0.6 is 0 Å². The zero-order valence-corrected chi connectivity index (χ0v) is 17.3. The fourth-order valence-electron chi connectivity index (χ4n) is 5.17. The highest BCUT2D eigenvalue weighted by Gasteiger charge is 2.57. The number of hydrogen-bond donors (Lipinski definition) is 0. The average molecular weight is 341 g/mol. The second kappa shape index (κ2) is 9.01. The van der Waals surface area contributed by atoms with Gasteiger partial charge in [-0.15, -0.1) is 0 Å². The van der Waals surface area contributed by atoms with E-state index in [0.29, 0.717) is 5.54 Å². The highest BCUT2D eigenvalue weighted by molar-refractivity contribution is 6.70. The van der Waals surface area contributed by atoms with Gasteiger partial charge in [0.1, 0.15) is 0 Å². The van der Waals surface area contributed by atoms with Crippen LogP contribution in [0.15, 0.2) is 0 Å². The molecular formula is C20H40O2Si. The molecule has 2 rings (SSSR count). The summed E-state index contributed by atoms with van der Waals surface area (Å²) in [6, 6.07) is 0. The maximum absolute atomic E-state index is 6.80. The van der Waals surface area contributed by atoms with Crippen molar-refractivity contribution in [1.29, 1.82) is 0 Å². The summed E-state index contributed by atoms with van der Waals surface area (Å²) < 4.78 is 13.6. The second-order valence-corrected chi connectivity index (χ2v) is 11.9. The van der Waals surface area contributed by atoms with Crippen molar-refractivity contribution in [2.45, 2.75) is 97.1 Å². The summed E-state index contributed by atoms with van der Waals surface area (Å²) in [7, 11) is -2.16. The molecule has 2 saturated carbocycles. The van der Waals surface area contributed by atoms with Gasteiger partial charge in [-0.05, 0) is 43.4 Å². The van der Waals surface area contributed by atoms with E-state index in [9.17, 15) is 0 Å². The third-order valence-electron chi connectivity index (χ3n) is 6.42. The molecule has 0 bridgehead atoms. The monoisotopic (exact) mass is 340 g/mol. The van der Waals surface area contributed by atoms with Crippen LogP contribution in [-0.2, 0) is 8.85 Å². The van der Waals surface area contributed by atoms with Gasteiger partial charge in [-0.3, -0.25) is 0 Å². The number of hydrogen-bond acceptors (Lipinski definition) is 2. The average Bonchev–Trinajstić information content (AvgIpc) is 2.89. The molecule has 0 aliphatic heterocycles. The molecule has 136 valence electrons. The molecule has 2 nitrogen and oxygen atoms in total. The van der Waals surface area contributed by atoms with Gasteiger partial charge in [0, 0.05) is 24.3 Å². The van der Waals surface area contributed by atoms with Crippen LogP contribution in [0.25, 0.3) is 0 Å². The largest absolute Gasteiger partial charge is 0.394 e. The normalized spacial score (nSPS) is 35.6. The summed E-state index contributed by atoms with van der Waals surface area (Å²) in [5, 5.41) is 0. The van der Waals surface area contributed by atoms with E-state index < -0.39 is 8.56 Å². The van der Waals surface area contributed by atoms with Crippen LogP contribution < -0.4 is 0 Å². The van der Waals surface area contributed by atoms with Crippen LogP contribution in [0.4, 0.5) is 0 Å². The fraction of sp³-hybridized carbons (Fsp3) is 1.00. The molecule has 2 aliphatic carbocycles. The van der Waals surface area contributed by atoms with E-state index in [-0.39, 0.29) is 0 Å². The molecule has 0 N–H and O–H groups in total. The first-order valence-corrected chi connectivity index (χ1v) is 12.3. The Morgan fingerprint density at radius 2 is 1.22 bits per heavy atom. The predicted molar refractivity (Wildman–Crippen MR) is 101 cm³/mol. The van der Waals surface area contributed by atoms with Crippen LogP contribution in [0, 0.1) is 17.8 Å². The van der Waals surface area contributed by atoms with E-state index in [0.717, 1.165) is 49.4 Å². The Morgan fingerprint density at radius 1 is 0.739 bits per heavy atom. The van der Waals surface area contributed by atoms with Gasteiger partial charge in [0.15, 0.2) is 0 Å². The van der Waals surface area contributed by atoms with E-state index in [1.54, 1.807) is 0 Å². The molecule has 2 unspecified atom stereocenters. The third-order valence-corrected chi connectivity index (χ3v) is 11.5. The Bertz CT molecular complexity index is 321. The molecule has 2 fully saturated rings. The van der Waals surface area contributed by atoms with Gasteiger partial charge in [-0.2, -0.15) is 0 Å². The van der Waals surface area contributed by atoms with Gasteiger partial charge in [-0.1, -0.05) is 60.3 Å². The Kier molecular flexibility index (Phi) is 7.62. The summed E-state index contributed by atoms with van der Waals surface area (Å²) in [5.41, 5.74) is 1.43. The lowest BCUT2D eigenvalue weighted by molar-refractivity contribution is 0.127. The lowest BCUT2D eigenvalue weighted by Gasteiger charge is -2.46. The Balaban J connectivity index is 2.28. The van der Waals surface area contributed by atoms with Gasteiger partial charge in [-0.25, -0.2) is 0 Å². The summed E-state index contributed by atoms with van der Waals surface area (Å²) >= 11 is 0. The SMILES string of the molecule is CCCO[Si](OCCC)(C1CCC(C)CC1)C1C(C)CCC1C. The van der Waals surface area contributed by atoms with Crippen LogP contribution in [0.5, 0.6) is 0 Å². The van der Waals surface area contributed by atoms with Gasteiger partial charge in [0.25, 0.3) is 0 Å². The Hall–Kier alpha value is 0.137. The summed E-state index contributed by atoms with van der Waals surface area (Å²) in [6.45, 7) is 13.6. The highest BCUT2D eigenvalue weighted by atomic mass is 28.4. The molecule has 0 aromatic carbocycles. The summed E-state index contributed by atoms with van der Waals surface area (Å²) in [5.74, 6) is 2.46. The van der Waals surface area contributed by atoms with Gasteiger partial charge in [0.2, 0.25) is 0 Å². The van der Waals surface area contributed by atoms with Crippen molar-refractivity contribution in [3.63, 3.8) is 0 Å². The van der Waals surface area contributed by atoms with E-state index in [1.165, 1.54) is 38.5 Å². The maximum atomic E-state index is 6.80. The molecule has 0 saturated heterocycles. The van der Waals surface area contributed by atoms with Crippen LogP contribution in [-0.4, -0.2) is 21.8 Å². The first kappa shape index (κ1) is 19.5. The summed E-state index contributed by atoms with van der Waals surface area (Å²) in [4.78, 5) is 0. The molecule has 23 heavy (non-hydrogen) atoms. The Labute approximate surface area is 146 Å². The lowest BCUT2D eigenvalue weighted by atomic mass is 9.90. The highest BCUT2D eigenvalue weighted by Crippen LogP contribution is 2.55. The minimum atomic E-state index is -2.16. The topological polar surface area (TPSA) is 18.5 Å². The molecule has 2 atom stereocenters. The van der Waals surface area contributed by atoms with E-state index in [4.69, 9.17) is 8.85 Å². The Morgan fingerprint density at radius 3 is 1.65 bits per heavy atom. The van der Waals surface area contributed by atoms with E-state index >= 15 is 0 Å². The van der Waals surface area contributed by atoms with Crippen LogP contribution in [0.3, 0.4) is 0 Å². The molecule has 0 aromatic heterocycles. The van der Waals surface area contributed by atoms with Gasteiger partial charge < -0.3 is 8.85 Å². The van der Waals surface area contributed by atoms with Crippen molar-refractivity contribution < 1.29 is 8.85 Å².